The minimum absolute atomic E-state index is 0.525. The number of hydrogen-bond donors (Lipinski definition) is 1. The van der Waals surface area contributed by atoms with Crippen LogP contribution >= 0.6 is 11.8 Å². The summed E-state index contributed by atoms with van der Waals surface area (Å²) >= 11 is 1.56. The maximum absolute atomic E-state index is 4.85. The molecule has 0 atom stereocenters. The smallest absolute Gasteiger partial charge is 0.185 e. The molecule has 1 aromatic rings. The van der Waals surface area contributed by atoms with Crippen molar-refractivity contribution in [2.75, 3.05) is 12.4 Å². The molecule has 62 valence electrons. The summed E-state index contributed by atoms with van der Waals surface area (Å²) in [5.74, 6) is 5.64. The average molecular weight is 174 g/mol. The Kier molecular flexibility index (Phi) is 3.34. The summed E-state index contributed by atoms with van der Waals surface area (Å²) in [4.78, 5) is 8.41. The molecule has 1 rings (SSSR count). The lowest BCUT2D eigenvalue weighted by Crippen LogP contribution is -2.03. The van der Waals surface area contributed by atoms with E-state index in [9.17, 15) is 0 Å². The van der Waals surface area contributed by atoms with Gasteiger partial charge in [-0.3, -0.25) is 0 Å². The van der Waals surface area contributed by atoms with Gasteiger partial charge in [0, 0.05) is 12.8 Å². The SMILES string of the molecule is Cn1ncnc1SCCON. The van der Waals surface area contributed by atoms with E-state index in [-0.39, 0.29) is 0 Å². The molecule has 11 heavy (non-hydrogen) atoms. The number of hydrogen-bond acceptors (Lipinski definition) is 5. The maximum Gasteiger partial charge on any atom is 0.185 e. The van der Waals surface area contributed by atoms with Crippen molar-refractivity contribution in [3.8, 4) is 0 Å². The van der Waals surface area contributed by atoms with Crippen molar-refractivity contribution in [2.45, 2.75) is 5.16 Å². The van der Waals surface area contributed by atoms with E-state index in [2.05, 4.69) is 14.9 Å². The molecule has 0 unspecified atom stereocenters. The first-order valence-electron chi connectivity index (χ1n) is 3.13. The predicted molar refractivity (Wildman–Crippen MR) is 41.9 cm³/mol. The highest BCUT2D eigenvalue weighted by Crippen LogP contribution is 2.11. The molecule has 0 aliphatic rings. The van der Waals surface area contributed by atoms with E-state index < -0.39 is 0 Å². The summed E-state index contributed by atoms with van der Waals surface area (Å²) in [6.07, 6.45) is 1.52. The minimum atomic E-state index is 0.525. The standard InChI is InChI=1S/C5H10N4OS/c1-9-5(7-4-8-9)11-3-2-10-6/h4H,2-3,6H2,1H3. The van der Waals surface area contributed by atoms with Gasteiger partial charge in [-0.15, -0.1) is 0 Å². The van der Waals surface area contributed by atoms with Crippen molar-refractivity contribution >= 4 is 11.8 Å². The second kappa shape index (κ2) is 4.32. The van der Waals surface area contributed by atoms with Crippen molar-refractivity contribution in [1.29, 1.82) is 0 Å². The van der Waals surface area contributed by atoms with Gasteiger partial charge in [0.25, 0.3) is 0 Å². The largest absolute Gasteiger partial charge is 0.304 e. The lowest BCUT2D eigenvalue weighted by atomic mass is 10.9. The van der Waals surface area contributed by atoms with E-state index >= 15 is 0 Å². The van der Waals surface area contributed by atoms with E-state index in [0.29, 0.717) is 6.61 Å². The monoisotopic (exact) mass is 174 g/mol. The summed E-state index contributed by atoms with van der Waals surface area (Å²) in [7, 11) is 1.85. The van der Waals surface area contributed by atoms with Gasteiger partial charge in [-0.1, -0.05) is 11.8 Å². The van der Waals surface area contributed by atoms with Crippen LogP contribution < -0.4 is 5.90 Å². The van der Waals surface area contributed by atoms with Crippen LogP contribution in [0.5, 0.6) is 0 Å². The third-order valence-corrected chi connectivity index (χ3v) is 2.10. The summed E-state index contributed by atoms with van der Waals surface area (Å²) in [6, 6.07) is 0. The molecule has 0 saturated carbocycles. The first-order valence-corrected chi connectivity index (χ1v) is 4.11. The van der Waals surface area contributed by atoms with Gasteiger partial charge in [-0.25, -0.2) is 15.6 Å². The number of rotatable bonds is 4. The molecule has 0 fully saturated rings. The van der Waals surface area contributed by atoms with E-state index in [4.69, 9.17) is 5.90 Å². The molecule has 0 saturated heterocycles. The highest BCUT2D eigenvalue weighted by atomic mass is 32.2. The summed E-state index contributed by atoms with van der Waals surface area (Å²) in [5, 5.41) is 4.78. The van der Waals surface area contributed by atoms with E-state index in [0.717, 1.165) is 10.9 Å². The lowest BCUT2D eigenvalue weighted by molar-refractivity contribution is 0.155. The van der Waals surface area contributed by atoms with Gasteiger partial charge < -0.3 is 4.84 Å². The number of thioether (sulfide) groups is 1. The highest BCUT2D eigenvalue weighted by Gasteiger charge is 1.99. The van der Waals surface area contributed by atoms with Gasteiger partial charge in [-0.05, 0) is 0 Å². The Hall–Kier alpha value is -0.590. The van der Waals surface area contributed by atoms with E-state index in [1.807, 2.05) is 7.05 Å². The van der Waals surface area contributed by atoms with Crippen LogP contribution in [0.15, 0.2) is 11.5 Å². The zero-order chi connectivity index (χ0) is 8.10. The zero-order valence-electron chi connectivity index (χ0n) is 6.23. The molecule has 1 heterocycles. The minimum Gasteiger partial charge on any atom is -0.304 e. The molecule has 0 amide bonds. The van der Waals surface area contributed by atoms with Crippen molar-refractivity contribution in [1.82, 2.24) is 14.8 Å². The van der Waals surface area contributed by atoms with Crippen molar-refractivity contribution in [3.63, 3.8) is 0 Å². The highest BCUT2D eigenvalue weighted by molar-refractivity contribution is 7.99. The Bertz CT molecular complexity index is 214. The molecule has 2 N–H and O–H groups in total. The molecule has 6 heteroatoms. The summed E-state index contributed by atoms with van der Waals surface area (Å²) in [6.45, 7) is 0.525. The third-order valence-electron chi connectivity index (χ3n) is 1.10. The van der Waals surface area contributed by atoms with Gasteiger partial charge in [0.2, 0.25) is 0 Å². The fourth-order valence-corrected chi connectivity index (χ4v) is 1.32. The Morgan fingerprint density at radius 1 is 1.82 bits per heavy atom. The number of aromatic nitrogens is 3. The van der Waals surface area contributed by atoms with Crippen LogP contribution in [0.4, 0.5) is 0 Å². The number of aryl methyl sites for hydroxylation is 1. The van der Waals surface area contributed by atoms with Crippen molar-refractivity contribution in [2.24, 2.45) is 12.9 Å². The Morgan fingerprint density at radius 3 is 3.18 bits per heavy atom. The Balaban J connectivity index is 2.32. The first kappa shape index (κ1) is 8.51. The van der Waals surface area contributed by atoms with Crippen LogP contribution in [-0.4, -0.2) is 27.1 Å². The van der Waals surface area contributed by atoms with E-state index in [1.165, 1.54) is 6.33 Å². The third kappa shape index (κ3) is 2.49. The van der Waals surface area contributed by atoms with Gasteiger partial charge in [0.05, 0.1) is 6.61 Å². The average Bonchev–Trinajstić information content (AvgIpc) is 2.37. The first-order chi connectivity index (χ1) is 5.34. The molecule has 5 nitrogen and oxygen atoms in total. The molecule has 0 spiro atoms. The summed E-state index contributed by atoms with van der Waals surface area (Å²) in [5.41, 5.74) is 0. The van der Waals surface area contributed by atoms with Crippen LogP contribution in [0.3, 0.4) is 0 Å². The predicted octanol–water partition coefficient (Wildman–Crippen LogP) is -0.203. The van der Waals surface area contributed by atoms with Crippen LogP contribution in [0.1, 0.15) is 0 Å². The molecule has 0 radical (unpaired) electrons. The molecule has 1 aromatic heterocycles. The fourth-order valence-electron chi connectivity index (χ4n) is 0.597. The molecule has 0 aliphatic heterocycles. The zero-order valence-corrected chi connectivity index (χ0v) is 7.04. The van der Waals surface area contributed by atoms with Gasteiger partial charge in [0.1, 0.15) is 6.33 Å². The fraction of sp³-hybridized carbons (Fsp3) is 0.600. The Morgan fingerprint density at radius 2 is 2.64 bits per heavy atom. The van der Waals surface area contributed by atoms with Crippen LogP contribution in [0.2, 0.25) is 0 Å². The molecule has 0 bridgehead atoms. The maximum atomic E-state index is 4.85. The van der Waals surface area contributed by atoms with Crippen LogP contribution in [0, 0.1) is 0 Å². The normalized spacial score (nSPS) is 10.4. The second-order valence-corrected chi connectivity index (χ2v) is 2.95. The number of nitrogens with zero attached hydrogens (tertiary/aromatic N) is 3. The van der Waals surface area contributed by atoms with Crippen molar-refractivity contribution in [3.05, 3.63) is 6.33 Å². The van der Waals surface area contributed by atoms with Crippen LogP contribution in [-0.2, 0) is 11.9 Å². The molecular formula is C5H10N4OS. The topological polar surface area (TPSA) is 66.0 Å². The van der Waals surface area contributed by atoms with Gasteiger partial charge in [-0.2, -0.15) is 5.10 Å². The van der Waals surface area contributed by atoms with Gasteiger partial charge >= 0.3 is 0 Å². The van der Waals surface area contributed by atoms with Crippen LogP contribution in [0.25, 0.3) is 0 Å². The quantitative estimate of drug-likeness (QED) is 0.389. The van der Waals surface area contributed by atoms with Gasteiger partial charge in [0.15, 0.2) is 5.16 Å². The van der Waals surface area contributed by atoms with E-state index in [1.54, 1.807) is 16.4 Å². The van der Waals surface area contributed by atoms with Crippen molar-refractivity contribution < 1.29 is 4.84 Å². The summed E-state index contributed by atoms with van der Waals surface area (Å²) < 4.78 is 1.71. The molecule has 0 aliphatic carbocycles. The molecular weight excluding hydrogens is 164 g/mol. The molecule has 0 aromatic carbocycles. The lowest BCUT2D eigenvalue weighted by Gasteiger charge is -1.97. The Labute approximate surface area is 68.9 Å². The number of nitrogens with two attached hydrogens (primary N) is 1. The second-order valence-electron chi connectivity index (χ2n) is 1.89.